The van der Waals surface area contributed by atoms with Crippen LogP contribution < -0.4 is 5.32 Å². The van der Waals surface area contributed by atoms with Gasteiger partial charge < -0.3 is 15.1 Å². The van der Waals surface area contributed by atoms with Crippen molar-refractivity contribution in [1.82, 2.24) is 9.80 Å². The smallest absolute Gasteiger partial charge is 0.321 e. The number of nitrogens with one attached hydrogen (secondary N) is 1. The van der Waals surface area contributed by atoms with E-state index in [4.69, 9.17) is 0 Å². The fourth-order valence-corrected chi connectivity index (χ4v) is 3.42. The maximum Gasteiger partial charge on any atom is 0.321 e. The number of carbonyl (C=O) groups excluding carboxylic acids is 2. The molecule has 1 saturated heterocycles. The monoisotopic (exact) mass is 467 g/mol. The molecule has 3 amide bonds. The molecular formula is C19H19FIN3O2. The lowest BCUT2D eigenvalue weighted by Crippen LogP contribution is -2.51. The van der Waals surface area contributed by atoms with E-state index in [1.165, 1.54) is 24.3 Å². The van der Waals surface area contributed by atoms with Gasteiger partial charge in [-0.15, -0.1) is 0 Å². The van der Waals surface area contributed by atoms with E-state index < -0.39 is 0 Å². The number of carbonyl (C=O) groups is 2. The van der Waals surface area contributed by atoms with Crippen LogP contribution in [0.4, 0.5) is 14.9 Å². The summed E-state index contributed by atoms with van der Waals surface area (Å²) in [5.74, 6) is -0.349. The summed E-state index contributed by atoms with van der Waals surface area (Å²) in [7, 11) is 0. The van der Waals surface area contributed by atoms with Crippen molar-refractivity contribution in [2.45, 2.75) is 6.92 Å². The van der Waals surface area contributed by atoms with Gasteiger partial charge in [0.15, 0.2) is 0 Å². The molecule has 136 valence electrons. The van der Waals surface area contributed by atoms with Gasteiger partial charge in [0, 0.05) is 35.4 Å². The van der Waals surface area contributed by atoms with E-state index >= 15 is 0 Å². The second-order valence-corrected chi connectivity index (χ2v) is 7.23. The Hall–Kier alpha value is -2.16. The molecule has 0 bridgehead atoms. The zero-order valence-electron chi connectivity index (χ0n) is 14.3. The van der Waals surface area contributed by atoms with Crippen molar-refractivity contribution in [2.75, 3.05) is 31.5 Å². The Morgan fingerprint density at radius 1 is 1.00 bits per heavy atom. The molecule has 0 saturated carbocycles. The molecule has 1 fully saturated rings. The van der Waals surface area contributed by atoms with Crippen LogP contribution >= 0.6 is 22.6 Å². The van der Waals surface area contributed by atoms with Crippen LogP contribution in [0.1, 0.15) is 15.9 Å². The van der Waals surface area contributed by atoms with Crippen LogP contribution in [0, 0.1) is 16.3 Å². The molecule has 1 aliphatic heterocycles. The molecule has 1 N–H and O–H groups in total. The summed E-state index contributed by atoms with van der Waals surface area (Å²) >= 11 is 2.20. The summed E-state index contributed by atoms with van der Waals surface area (Å²) in [6.07, 6.45) is 0. The molecule has 0 aromatic heterocycles. The molecule has 0 radical (unpaired) electrons. The third-order valence-electron chi connectivity index (χ3n) is 4.37. The van der Waals surface area contributed by atoms with Crippen molar-refractivity contribution < 1.29 is 14.0 Å². The molecule has 3 rings (SSSR count). The Kier molecular flexibility index (Phi) is 5.75. The number of hydrogen-bond acceptors (Lipinski definition) is 2. The normalized spacial score (nSPS) is 14.3. The predicted molar refractivity (Wildman–Crippen MR) is 107 cm³/mol. The van der Waals surface area contributed by atoms with Crippen molar-refractivity contribution in [2.24, 2.45) is 0 Å². The lowest BCUT2D eigenvalue weighted by atomic mass is 10.1. The SMILES string of the molecule is Cc1cccc(C(=O)N2CCN(C(=O)Nc3ccc(F)cc3)CC2)c1I. The van der Waals surface area contributed by atoms with E-state index in [0.29, 0.717) is 37.4 Å². The van der Waals surface area contributed by atoms with Gasteiger partial charge in [-0.25, -0.2) is 9.18 Å². The molecular weight excluding hydrogens is 448 g/mol. The molecule has 0 atom stereocenters. The molecule has 1 heterocycles. The van der Waals surface area contributed by atoms with Crippen LogP contribution in [0.25, 0.3) is 0 Å². The molecule has 26 heavy (non-hydrogen) atoms. The Morgan fingerprint density at radius 3 is 2.27 bits per heavy atom. The Balaban J connectivity index is 1.58. The van der Waals surface area contributed by atoms with Crippen molar-refractivity contribution in [3.05, 3.63) is 63.0 Å². The summed E-state index contributed by atoms with van der Waals surface area (Å²) in [4.78, 5) is 28.5. The maximum atomic E-state index is 12.9. The van der Waals surface area contributed by atoms with Gasteiger partial charge in [0.25, 0.3) is 5.91 Å². The highest BCUT2D eigenvalue weighted by Crippen LogP contribution is 2.19. The fourth-order valence-electron chi connectivity index (χ4n) is 2.83. The van der Waals surface area contributed by atoms with E-state index in [1.54, 1.807) is 9.80 Å². The van der Waals surface area contributed by atoms with E-state index in [0.717, 1.165) is 9.13 Å². The first-order chi connectivity index (χ1) is 12.5. The lowest BCUT2D eigenvalue weighted by molar-refractivity contribution is 0.0670. The van der Waals surface area contributed by atoms with Crippen LogP contribution in [0.2, 0.25) is 0 Å². The number of benzene rings is 2. The first-order valence-corrected chi connectivity index (χ1v) is 9.39. The van der Waals surface area contributed by atoms with Gasteiger partial charge in [0.05, 0.1) is 5.56 Å². The molecule has 5 nitrogen and oxygen atoms in total. The number of urea groups is 1. The number of aryl methyl sites for hydroxylation is 1. The summed E-state index contributed by atoms with van der Waals surface area (Å²) in [6, 6.07) is 11.1. The molecule has 1 aliphatic rings. The number of nitrogens with zero attached hydrogens (tertiary/aromatic N) is 2. The largest absolute Gasteiger partial charge is 0.335 e. The molecule has 7 heteroatoms. The number of hydrogen-bond donors (Lipinski definition) is 1. The third kappa shape index (κ3) is 4.14. The number of amides is 3. The zero-order valence-corrected chi connectivity index (χ0v) is 16.5. The van der Waals surface area contributed by atoms with Crippen molar-refractivity contribution >= 4 is 40.2 Å². The molecule has 0 aliphatic carbocycles. The van der Waals surface area contributed by atoms with E-state index in [9.17, 15) is 14.0 Å². The molecule has 0 spiro atoms. The second kappa shape index (κ2) is 8.03. The van der Waals surface area contributed by atoms with E-state index in [1.807, 2.05) is 25.1 Å². The summed E-state index contributed by atoms with van der Waals surface area (Å²) in [5, 5.41) is 2.75. The van der Waals surface area contributed by atoms with E-state index in [2.05, 4.69) is 27.9 Å². The topological polar surface area (TPSA) is 52.7 Å². The quantitative estimate of drug-likeness (QED) is 0.685. The zero-order chi connectivity index (χ0) is 18.7. The van der Waals surface area contributed by atoms with Gasteiger partial charge in [-0.2, -0.15) is 0 Å². The highest BCUT2D eigenvalue weighted by Gasteiger charge is 2.26. The average molecular weight is 467 g/mol. The van der Waals surface area contributed by atoms with Crippen molar-refractivity contribution in [3.63, 3.8) is 0 Å². The van der Waals surface area contributed by atoms with Gasteiger partial charge >= 0.3 is 6.03 Å². The lowest BCUT2D eigenvalue weighted by Gasteiger charge is -2.35. The highest BCUT2D eigenvalue weighted by atomic mass is 127. The first kappa shape index (κ1) is 18.6. The van der Waals surface area contributed by atoms with Gasteiger partial charge in [-0.05, 0) is 65.4 Å². The third-order valence-corrected chi connectivity index (χ3v) is 5.80. The Bertz CT molecular complexity index is 818. The van der Waals surface area contributed by atoms with Crippen LogP contribution in [0.5, 0.6) is 0 Å². The number of halogens is 2. The van der Waals surface area contributed by atoms with Crippen LogP contribution in [-0.4, -0.2) is 47.9 Å². The molecule has 2 aromatic carbocycles. The predicted octanol–water partition coefficient (Wildman–Crippen LogP) is 3.73. The highest BCUT2D eigenvalue weighted by molar-refractivity contribution is 14.1. The van der Waals surface area contributed by atoms with Gasteiger partial charge in [0.2, 0.25) is 0 Å². The fraction of sp³-hybridized carbons (Fsp3) is 0.263. The summed E-state index contributed by atoms with van der Waals surface area (Å²) in [6.45, 7) is 3.87. The van der Waals surface area contributed by atoms with Crippen LogP contribution in [0.3, 0.4) is 0 Å². The minimum atomic E-state index is -0.346. The van der Waals surface area contributed by atoms with Crippen LogP contribution in [-0.2, 0) is 0 Å². The second-order valence-electron chi connectivity index (χ2n) is 6.15. The van der Waals surface area contributed by atoms with Gasteiger partial charge in [-0.3, -0.25) is 4.79 Å². The Labute approximate surface area is 165 Å². The van der Waals surface area contributed by atoms with Crippen molar-refractivity contribution in [3.8, 4) is 0 Å². The van der Waals surface area contributed by atoms with Gasteiger partial charge in [-0.1, -0.05) is 12.1 Å². The summed E-state index contributed by atoms with van der Waals surface area (Å²) in [5.41, 5.74) is 2.33. The molecule has 0 unspecified atom stereocenters. The number of rotatable bonds is 2. The number of piperazine rings is 1. The van der Waals surface area contributed by atoms with Crippen molar-refractivity contribution in [1.29, 1.82) is 0 Å². The Morgan fingerprint density at radius 2 is 1.62 bits per heavy atom. The van der Waals surface area contributed by atoms with Gasteiger partial charge in [0.1, 0.15) is 5.82 Å². The van der Waals surface area contributed by atoms with Crippen LogP contribution in [0.15, 0.2) is 42.5 Å². The number of anilines is 1. The minimum Gasteiger partial charge on any atom is -0.335 e. The molecule has 2 aromatic rings. The maximum absolute atomic E-state index is 12.9. The minimum absolute atomic E-state index is 0.00306. The average Bonchev–Trinajstić information content (AvgIpc) is 2.65. The standard InChI is InChI=1S/C19H19FIN3O2/c1-13-3-2-4-16(17(13)21)18(25)23-9-11-24(12-10-23)19(26)22-15-7-5-14(20)6-8-15/h2-8H,9-12H2,1H3,(H,22,26). The first-order valence-electron chi connectivity index (χ1n) is 8.31. The van der Waals surface area contributed by atoms with E-state index in [-0.39, 0.29) is 17.8 Å². The summed E-state index contributed by atoms with van der Waals surface area (Å²) < 4.78 is 13.9.